The molecule has 0 saturated carbocycles. The van der Waals surface area contributed by atoms with Gasteiger partial charge in [-0.1, -0.05) is 84.9 Å². The Morgan fingerprint density at radius 1 is 0.421 bits per heavy atom. The third-order valence-electron chi connectivity index (χ3n) is 6.47. The van der Waals surface area contributed by atoms with Crippen molar-refractivity contribution in [3.05, 3.63) is 122 Å². The van der Waals surface area contributed by atoms with E-state index in [0.29, 0.717) is 23.2 Å². The molecule has 0 amide bonds. The van der Waals surface area contributed by atoms with Gasteiger partial charge in [-0.25, -0.2) is 9.97 Å². The second kappa shape index (κ2) is 9.26. The van der Waals surface area contributed by atoms with Gasteiger partial charge < -0.3 is 18.8 Å². The van der Waals surface area contributed by atoms with Crippen molar-refractivity contribution >= 4 is 0 Å². The van der Waals surface area contributed by atoms with Crippen molar-refractivity contribution in [1.29, 1.82) is 0 Å². The van der Waals surface area contributed by atoms with Gasteiger partial charge in [0.25, 0.3) is 0 Å². The van der Waals surface area contributed by atoms with E-state index >= 15 is 0 Å². The summed E-state index contributed by atoms with van der Waals surface area (Å²) in [5, 5.41) is 0. The number of rotatable bonds is 6. The monoisotopic (exact) mass is 494 g/mol. The van der Waals surface area contributed by atoms with Crippen LogP contribution >= 0.6 is 0 Å². The summed E-state index contributed by atoms with van der Waals surface area (Å²) in [6.45, 7) is 0. The second-order valence-electron chi connectivity index (χ2n) is 8.88. The van der Waals surface area contributed by atoms with Crippen molar-refractivity contribution < 1.29 is 8.83 Å². The van der Waals surface area contributed by atoms with E-state index in [1.807, 2.05) is 60.7 Å². The van der Waals surface area contributed by atoms with Gasteiger partial charge in [0.1, 0.15) is 0 Å². The Kier molecular flexibility index (Phi) is 5.33. The molecule has 0 aliphatic heterocycles. The van der Waals surface area contributed by atoms with Gasteiger partial charge in [-0.05, 0) is 24.3 Å². The first kappa shape index (κ1) is 21.9. The fourth-order valence-corrected chi connectivity index (χ4v) is 4.64. The first-order valence-corrected chi connectivity index (χ1v) is 12.3. The zero-order valence-corrected chi connectivity index (χ0v) is 20.3. The molecular formula is C32H22N4O2. The van der Waals surface area contributed by atoms with Gasteiger partial charge >= 0.3 is 0 Å². The summed E-state index contributed by atoms with van der Waals surface area (Å²) in [5.74, 6) is 2.77. The van der Waals surface area contributed by atoms with E-state index in [9.17, 15) is 0 Å². The van der Waals surface area contributed by atoms with Gasteiger partial charge in [0.05, 0.1) is 35.3 Å². The molecule has 3 aromatic carbocycles. The Bertz CT molecular complexity index is 1640. The fraction of sp³-hybridized carbons (Fsp3) is 0. The lowest BCUT2D eigenvalue weighted by atomic mass is 10.0. The Hall–Kier alpha value is -5.36. The Labute approximate surface area is 218 Å². The van der Waals surface area contributed by atoms with Gasteiger partial charge in [-0.15, -0.1) is 0 Å². The van der Waals surface area contributed by atoms with E-state index in [4.69, 9.17) is 18.8 Å². The molecule has 182 valence electrons. The van der Waals surface area contributed by atoms with Crippen LogP contribution in [0.25, 0.3) is 68.2 Å². The SMILES string of the molecule is c1ccc(-c2nc(-c3ccco3)[nH]c2-c2ccc(-c3[nH]c(-c4ccco4)nc3-c3ccccc3)cc2)cc1. The van der Waals surface area contributed by atoms with Crippen LogP contribution in [-0.4, -0.2) is 19.9 Å². The van der Waals surface area contributed by atoms with E-state index in [2.05, 4.69) is 58.5 Å². The van der Waals surface area contributed by atoms with Crippen molar-refractivity contribution in [3.8, 4) is 68.2 Å². The van der Waals surface area contributed by atoms with E-state index < -0.39 is 0 Å². The second-order valence-corrected chi connectivity index (χ2v) is 8.88. The molecule has 4 aromatic heterocycles. The van der Waals surface area contributed by atoms with Crippen LogP contribution in [0.3, 0.4) is 0 Å². The van der Waals surface area contributed by atoms with E-state index in [1.165, 1.54) is 0 Å². The van der Waals surface area contributed by atoms with Crippen molar-refractivity contribution in [2.75, 3.05) is 0 Å². The van der Waals surface area contributed by atoms with Crippen LogP contribution in [0.2, 0.25) is 0 Å². The third-order valence-corrected chi connectivity index (χ3v) is 6.47. The van der Waals surface area contributed by atoms with Crippen molar-refractivity contribution in [3.63, 3.8) is 0 Å². The van der Waals surface area contributed by atoms with Crippen LogP contribution in [0.4, 0.5) is 0 Å². The largest absolute Gasteiger partial charge is 0.461 e. The summed E-state index contributed by atoms with van der Waals surface area (Å²) in [7, 11) is 0. The zero-order valence-electron chi connectivity index (χ0n) is 20.3. The number of aromatic amines is 2. The van der Waals surface area contributed by atoms with Crippen molar-refractivity contribution in [2.24, 2.45) is 0 Å². The van der Waals surface area contributed by atoms with Gasteiger partial charge in [0, 0.05) is 22.3 Å². The molecule has 0 bridgehead atoms. The lowest BCUT2D eigenvalue weighted by Gasteiger charge is -2.06. The number of hydrogen-bond acceptors (Lipinski definition) is 4. The highest BCUT2D eigenvalue weighted by molar-refractivity contribution is 5.84. The summed E-state index contributed by atoms with van der Waals surface area (Å²) in [6.07, 6.45) is 3.31. The molecule has 0 aliphatic carbocycles. The van der Waals surface area contributed by atoms with Gasteiger partial charge in [-0.3, -0.25) is 0 Å². The first-order valence-electron chi connectivity index (χ1n) is 12.3. The molecule has 0 aliphatic rings. The molecule has 7 aromatic rings. The number of nitrogens with one attached hydrogen (secondary N) is 2. The lowest BCUT2D eigenvalue weighted by molar-refractivity contribution is 0.578. The number of hydrogen-bond donors (Lipinski definition) is 2. The zero-order chi connectivity index (χ0) is 25.3. The number of aromatic nitrogens is 4. The van der Waals surface area contributed by atoms with Gasteiger partial charge in [-0.2, -0.15) is 0 Å². The van der Waals surface area contributed by atoms with Gasteiger partial charge in [0.15, 0.2) is 23.2 Å². The van der Waals surface area contributed by atoms with E-state index in [1.54, 1.807) is 12.5 Å². The van der Waals surface area contributed by atoms with E-state index in [0.717, 1.165) is 45.0 Å². The summed E-state index contributed by atoms with van der Waals surface area (Å²) < 4.78 is 11.2. The summed E-state index contributed by atoms with van der Waals surface area (Å²) in [4.78, 5) is 16.7. The summed E-state index contributed by atoms with van der Waals surface area (Å²) >= 11 is 0. The Morgan fingerprint density at radius 2 is 0.842 bits per heavy atom. The molecule has 0 atom stereocenters. The van der Waals surface area contributed by atoms with Crippen LogP contribution < -0.4 is 0 Å². The standard InChI is InChI=1S/C32H22N4O2/c1-3-9-21(10-4-1)27-29(35-31(33-27)25-13-7-19-37-25)23-15-17-24(18-16-23)30-28(22-11-5-2-6-12-22)34-32(36-30)26-14-8-20-38-26/h1-20H,(H,33,35)(H,34,36). The molecule has 7 rings (SSSR count). The summed E-state index contributed by atoms with van der Waals surface area (Å²) in [6, 6.07) is 36.3. The highest BCUT2D eigenvalue weighted by atomic mass is 16.3. The molecule has 0 radical (unpaired) electrons. The van der Waals surface area contributed by atoms with E-state index in [-0.39, 0.29) is 0 Å². The maximum Gasteiger partial charge on any atom is 0.174 e. The third kappa shape index (κ3) is 3.94. The Morgan fingerprint density at radius 3 is 1.21 bits per heavy atom. The van der Waals surface area contributed by atoms with Crippen LogP contribution in [0.15, 0.2) is 131 Å². The average molecular weight is 495 g/mol. The normalized spacial score (nSPS) is 11.2. The Balaban J connectivity index is 1.32. The molecule has 6 heteroatoms. The smallest absolute Gasteiger partial charge is 0.174 e. The number of benzene rings is 3. The molecular weight excluding hydrogens is 472 g/mol. The topological polar surface area (TPSA) is 83.6 Å². The maximum absolute atomic E-state index is 5.61. The maximum atomic E-state index is 5.61. The van der Waals surface area contributed by atoms with Crippen LogP contribution in [0.5, 0.6) is 0 Å². The van der Waals surface area contributed by atoms with Gasteiger partial charge in [0.2, 0.25) is 0 Å². The number of H-pyrrole nitrogens is 2. The van der Waals surface area contributed by atoms with Crippen LogP contribution in [-0.2, 0) is 0 Å². The summed E-state index contributed by atoms with van der Waals surface area (Å²) in [5.41, 5.74) is 7.70. The van der Waals surface area contributed by atoms with Crippen LogP contribution in [0.1, 0.15) is 0 Å². The molecule has 0 fully saturated rings. The highest BCUT2D eigenvalue weighted by Crippen LogP contribution is 2.36. The number of furan rings is 2. The fourth-order valence-electron chi connectivity index (χ4n) is 4.64. The minimum absolute atomic E-state index is 0.691. The molecule has 0 unspecified atom stereocenters. The number of nitrogens with zero attached hydrogens (tertiary/aromatic N) is 2. The molecule has 0 spiro atoms. The minimum Gasteiger partial charge on any atom is -0.461 e. The average Bonchev–Trinajstić information content (AvgIpc) is 3.80. The molecule has 38 heavy (non-hydrogen) atoms. The predicted octanol–water partition coefficient (Wildman–Crippen LogP) is 8.32. The lowest BCUT2D eigenvalue weighted by Crippen LogP contribution is -1.86. The van der Waals surface area contributed by atoms with Crippen molar-refractivity contribution in [1.82, 2.24) is 19.9 Å². The van der Waals surface area contributed by atoms with Crippen molar-refractivity contribution in [2.45, 2.75) is 0 Å². The predicted molar refractivity (Wildman–Crippen MR) is 148 cm³/mol. The molecule has 6 nitrogen and oxygen atoms in total. The highest BCUT2D eigenvalue weighted by Gasteiger charge is 2.19. The first-order chi connectivity index (χ1) is 18.8. The molecule has 2 N–H and O–H groups in total. The number of imidazole rings is 2. The minimum atomic E-state index is 0.691. The molecule has 4 heterocycles. The molecule has 0 saturated heterocycles. The quantitative estimate of drug-likeness (QED) is 0.243. The van der Waals surface area contributed by atoms with Crippen LogP contribution in [0, 0.1) is 0 Å².